The zero-order valence-corrected chi connectivity index (χ0v) is 12.5. The average molecular weight is 297 g/mol. The number of ether oxygens (including phenoxy) is 2. The number of hydrogen-bond donors (Lipinski definition) is 1. The van der Waals surface area contributed by atoms with E-state index in [9.17, 15) is 0 Å². The summed E-state index contributed by atoms with van der Waals surface area (Å²) in [6.07, 6.45) is 4.89. The van der Waals surface area contributed by atoms with Crippen LogP contribution in [0.5, 0.6) is 17.2 Å². The molecule has 0 radical (unpaired) electrons. The molecule has 1 aromatic heterocycles. The number of nitrogens with one attached hydrogen (secondary N) is 1. The third-order valence-corrected chi connectivity index (χ3v) is 4.38. The van der Waals surface area contributed by atoms with E-state index in [1.807, 2.05) is 30.5 Å². The van der Waals surface area contributed by atoms with Gasteiger partial charge in [0.15, 0.2) is 0 Å². The number of pyridine rings is 1. The number of rotatable bonds is 4. The van der Waals surface area contributed by atoms with Gasteiger partial charge in [0.1, 0.15) is 17.2 Å². The molecule has 1 aromatic carbocycles. The minimum Gasteiger partial charge on any atom is -0.497 e. The number of fused-ring (bicyclic) bond motifs is 2. The third kappa shape index (κ3) is 2.48. The molecule has 114 valence electrons. The van der Waals surface area contributed by atoms with E-state index >= 15 is 0 Å². The Labute approximate surface area is 129 Å². The Morgan fingerprint density at radius 1 is 1.14 bits per heavy atom. The van der Waals surface area contributed by atoms with Gasteiger partial charge < -0.3 is 19.7 Å². The Morgan fingerprint density at radius 3 is 2.64 bits per heavy atom. The second-order valence-electron chi connectivity index (χ2n) is 5.80. The normalized spacial score (nSPS) is 22.9. The van der Waals surface area contributed by atoms with Gasteiger partial charge in [0.05, 0.1) is 25.2 Å². The Bertz CT molecular complexity index is 659. The molecule has 5 nitrogen and oxygen atoms in total. The van der Waals surface area contributed by atoms with E-state index in [1.54, 1.807) is 13.3 Å². The summed E-state index contributed by atoms with van der Waals surface area (Å²) in [7, 11) is 1.65. The highest BCUT2D eigenvalue weighted by Crippen LogP contribution is 2.32. The maximum Gasteiger partial charge on any atom is 0.147 e. The standard InChI is InChI=1S/C17H19N3O2/c1-21-15-2-4-16(5-3-15)22-17-7-14(8-18-10-17)20-11-12-6-13(20)9-19-12/h2-5,7-8,10,12-13,19H,6,9,11H2,1H3/t12-,13-/m1/s1. The lowest BCUT2D eigenvalue weighted by molar-refractivity contribution is 0.412. The first kappa shape index (κ1) is 13.4. The van der Waals surface area contributed by atoms with E-state index in [0.29, 0.717) is 12.1 Å². The molecule has 2 aliphatic heterocycles. The van der Waals surface area contributed by atoms with Crippen LogP contribution in [0.25, 0.3) is 0 Å². The van der Waals surface area contributed by atoms with Gasteiger partial charge in [-0.15, -0.1) is 0 Å². The van der Waals surface area contributed by atoms with E-state index < -0.39 is 0 Å². The highest BCUT2D eigenvalue weighted by atomic mass is 16.5. The van der Waals surface area contributed by atoms with Gasteiger partial charge in [-0.1, -0.05) is 0 Å². The minimum absolute atomic E-state index is 0.586. The summed E-state index contributed by atoms with van der Waals surface area (Å²) in [5.74, 6) is 2.36. The van der Waals surface area contributed by atoms with Crippen molar-refractivity contribution in [1.29, 1.82) is 0 Å². The van der Waals surface area contributed by atoms with Crippen LogP contribution in [0.4, 0.5) is 5.69 Å². The van der Waals surface area contributed by atoms with E-state index in [1.165, 1.54) is 6.42 Å². The van der Waals surface area contributed by atoms with Crippen molar-refractivity contribution in [2.75, 3.05) is 25.1 Å². The Hall–Kier alpha value is -2.27. The molecule has 3 heterocycles. The molecule has 2 bridgehead atoms. The number of methoxy groups -OCH3 is 1. The van der Waals surface area contributed by atoms with Gasteiger partial charge in [0, 0.05) is 31.2 Å². The smallest absolute Gasteiger partial charge is 0.147 e. The van der Waals surface area contributed by atoms with E-state index in [2.05, 4.69) is 21.3 Å². The van der Waals surface area contributed by atoms with E-state index in [-0.39, 0.29) is 0 Å². The molecular formula is C17H19N3O2. The summed E-state index contributed by atoms with van der Waals surface area (Å²) >= 11 is 0. The summed E-state index contributed by atoms with van der Waals surface area (Å²) in [5, 5.41) is 3.52. The van der Waals surface area contributed by atoms with Crippen LogP contribution in [-0.4, -0.2) is 37.3 Å². The summed E-state index contributed by atoms with van der Waals surface area (Å²) in [5.41, 5.74) is 1.14. The zero-order chi connectivity index (χ0) is 14.9. The molecular weight excluding hydrogens is 278 g/mol. The van der Waals surface area contributed by atoms with Gasteiger partial charge in [0.2, 0.25) is 0 Å². The maximum atomic E-state index is 5.90. The van der Waals surface area contributed by atoms with Crippen molar-refractivity contribution >= 4 is 5.69 Å². The van der Waals surface area contributed by atoms with Gasteiger partial charge in [0.25, 0.3) is 0 Å². The number of nitrogens with zero attached hydrogens (tertiary/aromatic N) is 2. The number of aromatic nitrogens is 1. The Balaban J connectivity index is 1.51. The van der Waals surface area contributed by atoms with Crippen LogP contribution in [-0.2, 0) is 0 Å². The van der Waals surface area contributed by atoms with Crippen LogP contribution in [0.1, 0.15) is 6.42 Å². The molecule has 2 aliphatic rings. The van der Waals surface area contributed by atoms with Crippen molar-refractivity contribution in [3.63, 3.8) is 0 Å². The van der Waals surface area contributed by atoms with E-state index in [4.69, 9.17) is 9.47 Å². The molecule has 5 heteroatoms. The lowest BCUT2D eigenvalue weighted by Gasteiger charge is -2.29. The second kappa shape index (κ2) is 5.50. The second-order valence-corrected chi connectivity index (χ2v) is 5.80. The summed E-state index contributed by atoms with van der Waals surface area (Å²) in [6.45, 7) is 2.12. The number of anilines is 1. The first-order chi connectivity index (χ1) is 10.8. The predicted octanol–water partition coefficient (Wildman–Crippen LogP) is 2.43. The summed E-state index contributed by atoms with van der Waals surface area (Å²) in [6, 6.07) is 10.8. The molecule has 4 rings (SSSR count). The monoisotopic (exact) mass is 297 g/mol. The first-order valence-electron chi connectivity index (χ1n) is 7.59. The highest BCUT2D eigenvalue weighted by molar-refractivity contribution is 5.52. The molecule has 0 amide bonds. The predicted molar refractivity (Wildman–Crippen MR) is 84.8 cm³/mol. The molecule has 2 atom stereocenters. The van der Waals surface area contributed by atoms with Crippen molar-refractivity contribution in [2.24, 2.45) is 0 Å². The lowest BCUT2D eigenvalue weighted by atomic mass is 10.2. The average Bonchev–Trinajstić information content (AvgIpc) is 3.19. The van der Waals surface area contributed by atoms with Gasteiger partial charge in [-0.2, -0.15) is 0 Å². The van der Waals surface area contributed by atoms with Crippen molar-refractivity contribution in [3.05, 3.63) is 42.7 Å². The highest BCUT2D eigenvalue weighted by Gasteiger charge is 2.37. The quantitative estimate of drug-likeness (QED) is 0.939. The SMILES string of the molecule is COc1ccc(Oc2cncc(N3C[C@H]4C[C@@H]3CN4)c2)cc1. The topological polar surface area (TPSA) is 46.6 Å². The van der Waals surface area contributed by atoms with Gasteiger partial charge in [-0.25, -0.2) is 0 Å². The molecule has 2 aromatic rings. The Kier molecular flexibility index (Phi) is 3.35. The fraction of sp³-hybridized carbons (Fsp3) is 0.353. The lowest BCUT2D eigenvalue weighted by Crippen LogP contribution is -2.43. The number of piperazine rings is 1. The van der Waals surface area contributed by atoms with Gasteiger partial charge >= 0.3 is 0 Å². The van der Waals surface area contributed by atoms with Crippen LogP contribution in [0, 0.1) is 0 Å². The molecule has 0 spiro atoms. The Morgan fingerprint density at radius 2 is 1.95 bits per heavy atom. The first-order valence-corrected chi connectivity index (χ1v) is 7.59. The molecule has 0 unspecified atom stereocenters. The number of hydrogen-bond acceptors (Lipinski definition) is 5. The third-order valence-electron chi connectivity index (χ3n) is 4.38. The fourth-order valence-electron chi connectivity index (χ4n) is 3.28. The molecule has 1 N–H and O–H groups in total. The van der Waals surface area contributed by atoms with Crippen LogP contribution in [0.2, 0.25) is 0 Å². The molecule has 2 fully saturated rings. The minimum atomic E-state index is 0.586. The maximum absolute atomic E-state index is 5.90. The van der Waals surface area contributed by atoms with Crippen LogP contribution >= 0.6 is 0 Å². The van der Waals surface area contributed by atoms with Crippen molar-refractivity contribution in [1.82, 2.24) is 10.3 Å². The summed E-state index contributed by atoms with van der Waals surface area (Å²) in [4.78, 5) is 6.76. The molecule has 0 aliphatic carbocycles. The van der Waals surface area contributed by atoms with Crippen LogP contribution < -0.4 is 19.7 Å². The van der Waals surface area contributed by atoms with Crippen molar-refractivity contribution < 1.29 is 9.47 Å². The summed E-state index contributed by atoms with van der Waals surface area (Å²) < 4.78 is 11.1. The molecule has 0 saturated carbocycles. The van der Waals surface area contributed by atoms with Crippen LogP contribution in [0.3, 0.4) is 0 Å². The van der Waals surface area contributed by atoms with Crippen molar-refractivity contribution in [3.8, 4) is 17.2 Å². The van der Waals surface area contributed by atoms with Gasteiger partial charge in [-0.05, 0) is 30.7 Å². The largest absolute Gasteiger partial charge is 0.497 e. The van der Waals surface area contributed by atoms with E-state index in [0.717, 1.165) is 36.0 Å². The number of benzene rings is 1. The zero-order valence-electron chi connectivity index (χ0n) is 12.5. The molecule has 22 heavy (non-hydrogen) atoms. The van der Waals surface area contributed by atoms with Crippen LogP contribution in [0.15, 0.2) is 42.7 Å². The van der Waals surface area contributed by atoms with Gasteiger partial charge in [-0.3, -0.25) is 4.98 Å². The fourth-order valence-corrected chi connectivity index (χ4v) is 3.28. The molecule has 2 saturated heterocycles. The van der Waals surface area contributed by atoms with Crippen molar-refractivity contribution in [2.45, 2.75) is 18.5 Å².